The molecule has 2 N–H and O–H groups in total. The molecular formula is C11H23N. The summed E-state index contributed by atoms with van der Waals surface area (Å²) in [7, 11) is 0. The predicted octanol–water partition coefficient (Wildman–Crippen LogP) is 3.09. The first-order valence-corrected chi connectivity index (χ1v) is 5.47. The lowest BCUT2D eigenvalue weighted by molar-refractivity contribution is 0.222. The van der Waals surface area contributed by atoms with Crippen molar-refractivity contribution in [3.8, 4) is 0 Å². The average molecular weight is 169 g/mol. The molecule has 0 spiro atoms. The minimum absolute atomic E-state index is 0.579. The fraction of sp³-hybridized carbons (Fsp3) is 1.00. The maximum atomic E-state index is 5.63. The van der Waals surface area contributed by atoms with Crippen molar-refractivity contribution in [2.45, 2.75) is 58.3 Å². The highest BCUT2D eigenvalue weighted by Gasteiger charge is 2.23. The van der Waals surface area contributed by atoms with Crippen LogP contribution in [0.2, 0.25) is 0 Å². The van der Waals surface area contributed by atoms with Gasteiger partial charge in [-0.1, -0.05) is 39.0 Å². The van der Waals surface area contributed by atoms with Crippen molar-refractivity contribution in [3.63, 3.8) is 0 Å². The Balaban J connectivity index is 2.36. The van der Waals surface area contributed by atoms with Crippen LogP contribution in [-0.4, -0.2) is 6.54 Å². The molecular weight excluding hydrogens is 146 g/mol. The summed E-state index contributed by atoms with van der Waals surface area (Å²) in [4.78, 5) is 0. The van der Waals surface area contributed by atoms with Crippen molar-refractivity contribution in [3.05, 3.63) is 0 Å². The van der Waals surface area contributed by atoms with Crippen molar-refractivity contribution < 1.29 is 0 Å². The van der Waals surface area contributed by atoms with Crippen LogP contribution in [0.25, 0.3) is 0 Å². The topological polar surface area (TPSA) is 26.0 Å². The Morgan fingerprint density at radius 3 is 2.00 bits per heavy atom. The molecule has 0 atom stereocenters. The Morgan fingerprint density at radius 2 is 1.50 bits per heavy atom. The van der Waals surface area contributed by atoms with E-state index in [4.69, 9.17) is 5.73 Å². The van der Waals surface area contributed by atoms with Gasteiger partial charge in [-0.05, 0) is 31.2 Å². The van der Waals surface area contributed by atoms with Crippen LogP contribution in [-0.2, 0) is 0 Å². The number of nitrogens with two attached hydrogens (primary N) is 1. The normalized spacial score (nSPS) is 24.5. The molecule has 1 rings (SSSR count). The molecule has 0 radical (unpaired) electrons. The highest BCUT2D eigenvalue weighted by Crippen LogP contribution is 2.36. The minimum atomic E-state index is 0.579. The second-order valence-electron chi connectivity index (χ2n) is 4.62. The van der Waals surface area contributed by atoms with E-state index in [1.165, 1.54) is 51.4 Å². The van der Waals surface area contributed by atoms with E-state index < -0.39 is 0 Å². The highest BCUT2D eigenvalue weighted by atomic mass is 14.5. The smallest absolute Gasteiger partial charge is 0.00721 e. The van der Waals surface area contributed by atoms with Crippen LogP contribution in [0.15, 0.2) is 0 Å². The SMILES string of the molecule is CC1(CCN)CCCCCCC1. The maximum absolute atomic E-state index is 5.63. The molecule has 1 fully saturated rings. The molecule has 1 aliphatic rings. The summed E-state index contributed by atoms with van der Waals surface area (Å²) in [5.74, 6) is 0. The van der Waals surface area contributed by atoms with Crippen LogP contribution in [0.3, 0.4) is 0 Å². The van der Waals surface area contributed by atoms with Crippen molar-refractivity contribution in [2.24, 2.45) is 11.1 Å². The molecule has 0 unspecified atom stereocenters. The molecule has 72 valence electrons. The van der Waals surface area contributed by atoms with Crippen molar-refractivity contribution in [2.75, 3.05) is 6.54 Å². The first kappa shape index (κ1) is 10.0. The third-order valence-corrected chi connectivity index (χ3v) is 3.31. The summed E-state index contributed by atoms with van der Waals surface area (Å²) in [6, 6.07) is 0. The molecule has 0 aromatic rings. The first-order valence-electron chi connectivity index (χ1n) is 5.47. The number of rotatable bonds is 2. The van der Waals surface area contributed by atoms with Gasteiger partial charge < -0.3 is 5.73 Å². The maximum Gasteiger partial charge on any atom is -0.00721 e. The number of hydrogen-bond donors (Lipinski definition) is 1. The summed E-state index contributed by atoms with van der Waals surface area (Å²) >= 11 is 0. The molecule has 0 aromatic carbocycles. The highest BCUT2D eigenvalue weighted by molar-refractivity contribution is 4.76. The Hall–Kier alpha value is -0.0400. The largest absolute Gasteiger partial charge is 0.330 e. The Morgan fingerprint density at radius 1 is 1.00 bits per heavy atom. The molecule has 1 heteroatoms. The van der Waals surface area contributed by atoms with Gasteiger partial charge in [-0.25, -0.2) is 0 Å². The summed E-state index contributed by atoms with van der Waals surface area (Å²) in [5.41, 5.74) is 6.21. The molecule has 0 aliphatic heterocycles. The number of hydrogen-bond acceptors (Lipinski definition) is 1. The van der Waals surface area contributed by atoms with Gasteiger partial charge in [0.1, 0.15) is 0 Å². The zero-order valence-electron chi connectivity index (χ0n) is 8.44. The quantitative estimate of drug-likeness (QED) is 0.675. The monoisotopic (exact) mass is 169 g/mol. The second kappa shape index (κ2) is 4.86. The van der Waals surface area contributed by atoms with Gasteiger partial charge in [0.05, 0.1) is 0 Å². The molecule has 0 aromatic heterocycles. The van der Waals surface area contributed by atoms with E-state index >= 15 is 0 Å². The van der Waals surface area contributed by atoms with Gasteiger partial charge in [-0.2, -0.15) is 0 Å². The van der Waals surface area contributed by atoms with E-state index in [0.29, 0.717) is 5.41 Å². The predicted molar refractivity (Wildman–Crippen MR) is 54.1 cm³/mol. The van der Waals surface area contributed by atoms with Crippen LogP contribution in [0.1, 0.15) is 58.3 Å². The summed E-state index contributed by atoms with van der Waals surface area (Å²) < 4.78 is 0. The van der Waals surface area contributed by atoms with Crippen LogP contribution < -0.4 is 5.73 Å². The molecule has 0 amide bonds. The Kier molecular flexibility index (Phi) is 4.07. The molecule has 0 heterocycles. The Bertz CT molecular complexity index is 112. The van der Waals surface area contributed by atoms with E-state index in [-0.39, 0.29) is 0 Å². The van der Waals surface area contributed by atoms with Crippen LogP contribution >= 0.6 is 0 Å². The lowest BCUT2D eigenvalue weighted by Gasteiger charge is -2.31. The van der Waals surface area contributed by atoms with E-state index in [2.05, 4.69) is 6.92 Å². The zero-order valence-corrected chi connectivity index (χ0v) is 8.44. The lowest BCUT2D eigenvalue weighted by Crippen LogP contribution is -2.21. The van der Waals surface area contributed by atoms with Crippen molar-refractivity contribution in [1.82, 2.24) is 0 Å². The third kappa shape index (κ3) is 3.14. The van der Waals surface area contributed by atoms with E-state index in [1.807, 2.05) is 0 Å². The summed E-state index contributed by atoms with van der Waals surface area (Å²) in [6.45, 7) is 3.29. The van der Waals surface area contributed by atoms with E-state index in [1.54, 1.807) is 0 Å². The van der Waals surface area contributed by atoms with Gasteiger partial charge in [0.25, 0.3) is 0 Å². The molecule has 1 nitrogen and oxygen atoms in total. The van der Waals surface area contributed by atoms with Crippen molar-refractivity contribution in [1.29, 1.82) is 0 Å². The van der Waals surface area contributed by atoms with E-state index in [0.717, 1.165) is 6.54 Å². The van der Waals surface area contributed by atoms with Gasteiger partial charge in [-0.3, -0.25) is 0 Å². The molecule has 0 saturated heterocycles. The lowest BCUT2D eigenvalue weighted by atomic mass is 9.75. The van der Waals surface area contributed by atoms with Crippen molar-refractivity contribution >= 4 is 0 Å². The minimum Gasteiger partial charge on any atom is -0.330 e. The fourth-order valence-electron chi connectivity index (χ4n) is 2.36. The Labute approximate surface area is 76.7 Å². The van der Waals surface area contributed by atoms with Crippen LogP contribution in [0, 0.1) is 5.41 Å². The summed E-state index contributed by atoms with van der Waals surface area (Å²) in [6.07, 6.45) is 11.2. The molecule has 1 aliphatic carbocycles. The molecule has 0 bridgehead atoms. The van der Waals surface area contributed by atoms with Crippen LogP contribution in [0.5, 0.6) is 0 Å². The molecule has 12 heavy (non-hydrogen) atoms. The van der Waals surface area contributed by atoms with Gasteiger partial charge in [0.2, 0.25) is 0 Å². The van der Waals surface area contributed by atoms with Crippen LogP contribution in [0.4, 0.5) is 0 Å². The summed E-state index contributed by atoms with van der Waals surface area (Å²) in [5, 5.41) is 0. The first-order chi connectivity index (χ1) is 5.77. The fourth-order valence-corrected chi connectivity index (χ4v) is 2.36. The van der Waals surface area contributed by atoms with Gasteiger partial charge >= 0.3 is 0 Å². The van der Waals surface area contributed by atoms with E-state index in [9.17, 15) is 0 Å². The second-order valence-corrected chi connectivity index (χ2v) is 4.62. The average Bonchev–Trinajstić information content (AvgIpc) is 1.99. The third-order valence-electron chi connectivity index (χ3n) is 3.31. The van der Waals surface area contributed by atoms with Gasteiger partial charge in [-0.15, -0.1) is 0 Å². The standard InChI is InChI=1S/C11H23N/c1-11(9-10-12)7-5-3-2-4-6-8-11/h2-10,12H2,1H3. The van der Waals surface area contributed by atoms with Gasteiger partial charge in [0, 0.05) is 0 Å². The zero-order chi connectivity index (χ0) is 8.86. The molecule has 1 saturated carbocycles. The van der Waals surface area contributed by atoms with Gasteiger partial charge in [0.15, 0.2) is 0 Å².